The molecule has 2 aliphatic heterocycles. The number of amides is 1. The number of nitrogens with one attached hydrogen (secondary N) is 1. The van der Waals surface area contributed by atoms with Crippen LogP contribution in [-0.2, 0) is 24.3 Å². The highest BCUT2D eigenvalue weighted by Crippen LogP contribution is 2.24. The molecule has 0 spiro atoms. The molecular formula is C23H18ClN3O6S. The van der Waals surface area contributed by atoms with Crippen LogP contribution in [-0.4, -0.2) is 55.7 Å². The molecule has 0 aliphatic carbocycles. The largest absolute Gasteiger partial charge is 0.452 e. The lowest BCUT2D eigenvalue weighted by atomic mass is 10.0. The van der Waals surface area contributed by atoms with E-state index in [-0.39, 0.29) is 40.7 Å². The van der Waals surface area contributed by atoms with Gasteiger partial charge in [0.25, 0.3) is 15.9 Å². The first-order valence-electron chi connectivity index (χ1n) is 10.1. The zero-order chi connectivity index (χ0) is 24.3. The van der Waals surface area contributed by atoms with Crippen molar-refractivity contribution in [2.24, 2.45) is 4.40 Å². The number of rotatable bonds is 6. The second-order valence-corrected chi connectivity index (χ2v) is 9.55. The number of benzene rings is 2. The van der Waals surface area contributed by atoms with E-state index in [9.17, 15) is 22.8 Å². The van der Waals surface area contributed by atoms with E-state index in [4.69, 9.17) is 16.3 Å². The molecule has 9 nitrogen and oxygen atoms in total. The maximum absolute atomic E-state index is 12.9. The second-order valence-electron chi connectivity index (χ2n) is 7.36. The summed E-state index contributed by atoms with van der Waals surface area (Å²) in [5.41, 5.74) is 0.989. The van der Waals surface area contributed by atoms with E-state index in [1.807, 2.05) is 0 Å². The molecule has 0 saturated carbocycles. The Kier molecular flexibility index (Phi) is 6.62. The number of ketones is 1. The summed E-state index contributed by atoms with van der Waals surface area (Å²) < 4.78 is 31.9. The van der Waals surface area contributed by atoms with E-state index >= 15 is 0 Å². The van der Waals surface area contributed by atoms with Crippen molar-refractivity contribution in [2.45, 2.75) is 0 Å². The van der Waals surface area contributed by atoms with Crippen LogP contribution in [0.5, 0.6) is 0 Å². The monoisotopic (exact) mass is 499 g/mol. The predicted octanol–water partition coefficient (Wildman–Crippen LogP) is 2.55. The number of amidine groups is 1. The van der Waals surface area contributed by atoms with Crippen LogP contribution in [0.4, 0.5) is 5.69 Å². The van der Waals surface area contributed by atoms with Crippen molar-refractivity contribution in [2.75, 3.05) is 24.2 Å². The zero-order valence-corrected chi connectivity index (χ0v) is 19.2. The number of ether oxygens (including phenoxy) is 1. The molecule has 0 aromatic heterocycles. The quantitative estimate of drug-likeness (QED) is 0.478. The number of fused-ring (bicyclic) bond motifs is 1. The maximum Gasteiger partial charge on any atom is 0.340 e. The van der Waals surface area contributed by atoms with Gasteiger partial charge in [-0.05, 0) is 30.4 Å². The number of esters is 1. The predicted molar refractivity (Wildman–Crippen MR) is 126 cm³/mol. The molecular weight excluding hydrogens is 482 g/mol. The Morgan fingerprint density at radius 2 is 1.85 bits per heavy atom. The van der Waals surface area contributed by atoms with Crippen molar-refractivity contribution < 1.29 is 27.5 Å². The Bertz CT molecular complexity index is 1370. The van der Waals surface area contributed by atoms with Crippen LogP contribution in [0.25, 0.3) is 0 Å². The number of halogens is 1. The first-order valence-corrected chi connectivity index (χ1v) is 12.1. The molecule has 11 heteroatoms. The summed E-state index contributed by atoms with van der Waals surface area (Å²) in [5.74, 6) is -1.70. The molecule has 0 saturated heterocycles. The zero-order valence-electron chi connectivity index (χ0n) is 17.6. The van der Waals surface area contributed by atoms with Gasteiger partial charge in [0.1, 0.15) is 5.84 Å². The number of hydrogen-bond donors (Lipinski definition) is 1. The highest BCUT2D eigenvalue weighted by molar-refractivity contribution is 7.90. The third kappa shape index (κ3) is 5.41. The molecule has 4 rings (SSSR count). The Balaban J connectivity index is 1.41. The Morgan fingerprint density at radius 1 is 1.09 bits per heavy atom. The molecule has 0 radical (unpaired) electrons. The number of sulfonamides is 1. The van der Waals surface area contributed by atoms with Crippen molar-refractivity contribution in [1.82, 2.24) is 4.90 Å². The van der Waals surface area contributed by atoms with E-state index in [1.165, 1.54) is 41.5 Å². The van der Waals surface area contributed by atoms with Crippen molar-refractivity contribution in [1.29, 1.82) is 0 Å². The Morgan fingerprint density at radius 3 is 2.62 bits per heavy atom. The van der Waals surface area contributed by atoms with Gasteiger partial charge in [-0.15, -0.1) is 4.40 Å². The Labute approximate surface area is 200 Å². The van der Waals surface area contributed by atoms with Crippen molar-refractivity contribution in [3.8, 4) is 0 Å². The molecule has 2 aliphatic rings. The van der Waals surface area contributed by atoms with Gasteiger partial charge >= 0.3 is 5.97 Å². The number of hydrogen-bond acceptors (Lipinski definition) is 7. The molecule has 2 aromatic rings. The fourth-order valence-electron chi connectivity index (χ4n) is 3.28. The van der Waals surface area contributed by atoms with Gasteiger partial charge in [-0.25, -0.2) is 13.2 Å². The van der Waals surface area contributed by atoms with E-state index in [2.05, 4.69) is 9.71 Å². The molecule has 34 heavy (non-hydrogen) atoms. The lowest BCUT2D eigenvalue weighted by Gasteiger charge is -2.26. The van der Waals surface area contributed by atoms with E-state index in [0.717, 1.165) is 0 Å². The maximum atomic E-state index is 12.9. The smallest absolute Gasteiger partial charge is 0.340 e. The van der Waals surface area contributed by atoms with Crippen molar-refractivity contribution in [3.05, 3.63) is 88.6 Å². The third-order valence-electron chi connectivity index (χ3n) is 4.93. The molecule has 0 unspecified atom stereocenters. The van der Waals surface area contributed by atoms with Crippen molar-refractivity contribution >= 4 is 50.8 Å². The SMILES string of the molecule is O=C(COC(=O)C1=CN2CCS(=O)(=O)N=C2C=C1)Nc1ccc(Cl)cc1C(=O)c1ccccc1. The minimum atomic E-state index is -3.51. The molecule has 0 atom stereocenters. The standard InChI is InChI=1S/C23H18ClN3O6S/c24-17-7-8-19(18(12-17)22(29)15-4-2-1-3-5-15)25-21(28)14-33-23(30)16-6-9-20-26-34(31,32)11-10-27(20)13-16/h1-9,12-13H,10-11,14H2,(H,25,28). The van der Waals surface area contributed by atoms with Gasteiger partial charge < -0.3 is 15.0 Å². The number of carbonyl (C=O) groups is 3. The highest BCUT2D eigenvalue weighted by Gasteiger charge is 2.25. The van der Waals surface area contributed by atoms with E-state index < -0.39 is 28.5 Å². The van der Waals surface area contributed by atoms with Gasteiger partial charge in [-0.2, -0.15) is 0 Å². The minimum absolute atomic E-state index is 0.137. The van der Waals surface area contributed by atoms with Crippen molar-refractivity contribution in [3.63, 3.8) is 0 Å². The van der Waals surface area contributed by atoms with Crippen LogP contribution < -0.4 is 5.32 Å². The van der Waals surface area contributed by atoms with Gasteiger partial charge in [-0.3, -0.25) is 9.59 Å². The van der Waals surface area contributed by atoms with Crippen LogP contribution in [0.1, 0.15) is 15.9 Å². The summed E-state index contributed by atoms with van der Waals surface area (Å²) in [6.07, 6.45) is 4.18. The van der Waals surface area contributed by atoms with Crippen LogP contribution in [0.3, 0.4) is 0 Å². The van der Waals surface area contributed by atoms with Gasteiger partial charge in [0.05, 0.1) is 17.0 Å². The van der Waals surface area contributed by atoms with Gasteiger partial charge in [0, 0.05) is 28.9 Å². The highest BCUT2D eigenvalue weighted by atomic mass is 35.5. The summed E-state index contributed by atoms with van der Waals surface area (Å²) >= 11 is 6.05. The lowest BCUT2D eigenvalue weighted by Crippen LogP contribution is -2.37. The Hall–Kier alpha value is -3.76. The van der Waals surface area contributed by atoms with Gasteiger partial charge in [-0.1, -0.05) is 41.9 Å². The fourth-order valence-corrected chi connectivity index (χ4v) is 4.42. The van der Waals surface area contributed by atoms with Gasteiger partial charge in [0.2, 0.25) is 0 Å². The molecule has 2 heterocycles. The normalized spacial score (nSPS) is 16.1. The summed E-state index contributed by atoms with van der Waals surface area (Å²) in [4.78, 5) is 39.2. The topological polar surface area (TPSA) is 122 Å². The number of anilines is 1. The molecule has 1 N–H and O–H groups in total. The average Bonchev–Trinajstić information content (AvgIpc) is 2.83. The molecule has 2 aromatic carbocycles. The second kappa shape index (κ2) is 9.62. The lowest BCUT2D eigenvalue weighted by molar-refractivity contribution is -0.143. The van der Waals surface area contributed by atoms with Gasteiger partial charge in [0.15, 0.2) is 12.4 Å². The summed E-state index contributed by atoms with van der Waals surface area (Å²) in [5, 5.41) is 2.90. The molecule has 174 valence electrons. The minimum Gasteiger partial charge on any atom is -0.452 e. The summed E-state index contributed by atoms with van der Waals surface area (Å²) in [7, 11) is -3.51. The van der Waals surface area contributed by atoms with Crippen LogP contribution in [0.15, 0.2) is 76.9 Å². The van der Waals surface area contributed by atoms with E-state index in [1.54, 1.807) is 30.3 Å². The average molecular weight is 500 g/mol. The molecule has 0 bridgehead atoms. The van der Waals surface area contributed by atoms with Crippen LogP contribution in [0, 0.1) is 0 Å². The molecule has 1 amide bonds. The first kappa shape index (κ1) is 23.4. The summed E-state index contributed by atoms with van der Waals surface area (Å²) in [6, 6.07) is 13.0. The summed E-state index contributed by atoms with van der Waals surface area (Å²) in [6.45, 7) is -0.446. The first-order chi connectivity index (χ1) is 16.2. The fraction of sp³-hybridized carbons (Fsp3) is 0.130. The van der Waals surface area contributed by atoms with Crippen LogP contribution >= 0.6 is 11.6 Å². The van der Waals surface area contributed by atoms with E-state index in [0.29, 0.717) is 10.6 Å². The number of nitrogens with zero attached hydrogens (tertiary/aromatic N) is 2. The molecule has 0 fully saturated rings. The van der Waals surface area contributed by atoms with Crippen LogP contribution in [0.2, 0.25) is 5.02 Å². The third-order valence-corrected chi connectivity index (χ3v) is 6.33. The number of carbonyl (C=O) groups excluding carboxylic acids is 3.